The zero-order valence-electron chi connectivity index (χ0n) is 15.3. The Labute approximate surface area is 172 Å². The topological polar surface area (TPSA) is 81.2 Å². The van der Waals surface area contributed by atoms with Crippen LogP contribution in [-0.2, 0) is 4.74 Å². The van der Waals surface area contributed by atoms with Crippen molar-refractivity contribution in [3.63, 3.8) is 0 Å². The third-order valence-corrected chi connectivity index (χ3v) is 5.09. The van der Waals surface area contributed by atoms with Crippen LogP contribution in [0.5, 0.6) is 11.5 Å². The first-order valence-electron chi connectivity index (χ1n) is 8.78. The van der Waals surface area contributed by atoms with Crippen LogP contribution in [0.4, 0.5) is 0 Å². The van der Waals surface area contributed by atoms with Crippen LogP contribution in [0, 0.1) is 0 Å². The maximum atomic E-state index is 12.1. The van der Waals surface area contributed by atoms with E-state index in [0.717, 1.165) is 25.0 Å². The monoisotopic (exact) mass is 419 g/mol. The van der Waals surface area contributed by atoms with Crippen molar-refractivity contribution in [1.29, 1.82) is 0 Å². The first-order valence-corrected chi connectivity index (χ1v) is 10.1. The van der Waals surface area contributed by atoms with E-state index in [4.69, 9.17) is 26.4 Å². The van der Waals surface area contributed by atoms with Crippen molar-refractivity contribution in [2.45, 2.75) is 18.9 Å². The Hall–Kier alpha value is -2.49. The number of nitrogens with one attached hydrogen (secondary N) is 2. The van der Waals surface area contributed by atoms with Gasteiger partial charge in [-0.2, -0.15) is 5.10 Å². The molecule has 1 aliphatic rings. The zero-order valence-corrected chi connectivity index (χ0v) is 17.0. The Morgan fingerprint density at radius 3 is 3.04 bits per heavy atom. The van der Waals surface area contributed by atoms with Crippen LogP contribution >= 0.6 is 23.6 Å². The summed E-state index contributed by atoms with van der Waals surface area (Å²) in [6, 6.07) is 8.67. The summed E-state index contributed by atoms with van der Waals surface area (Å²) in [4.78, 5) is 12.6. The molecule has 0 bridgehead atoms. The van der Waals surface area contributed by atoms with E-state index in [-0.39, 0.29) is 6.10 Å². The average Bonchev–Trinajstić information content (AvgIpc) is 3.41. The summed E-state index contributed by atoms with van der Waals surface area (Å²) in [6.07, 6.45) is 3.94. The van der Waals surface area contributed by atoms with E-state index in [1.165, 1.54) is 18.4 Å². The molecule has 1 fully saturated rings. The minimum Gasteiger partial charge on any atom is -0.493 e. The molecule has 0 amide bonds. The van der Waals surface area contributed by atoms with Crippen molar-refractivity contribution in [2.24, 2.45) is 5.10 Å². The Morgan fingerprint density at radius 2 is 2.32 bits per heavy atom. The number of carbonyl (C=O) groups is 1. The van der Waals surface area contributed by atoms with Gasteiger partial charge in [-0.3, -0.25) is 5.43 Å². The normalized spacial score (nSPS) is 16.1. The molecule has 0 saturated carbocycles. The van der Waals surface area contributed by atoms with E-state index in [1.54, 1.807) is 36.5 Å². The van der Waals surface area contributed by atoms with Crippen LogP contribution in [-0.4, -0.2) is 43.7 Å². The van der Waals surface area contributed by atoms with Crippen LogP contribution in [0.15, 0.2) is 40.8 Å². The number of thiocarbonyl (C=S) groups is 1. The number of methoxy groups -OCH3 is 1. The minimum absolute atomic E-state index is 0.206. The number of hydrogen-bond acceptors (Lipinski definition) is 7. The van der Waals surface area contributed by atoms with Crippen molar-refractivity contribution < 1.29 is 19.0 Å². The largest absolute Gasteiger partial charge is 0.493 e. The third kappa shape index (κ3) is 5.75. The standard InChI is InChI=1S/C19H21N3O4S2/c1-24-16-10-13(6-7-15(16)26-18(23)17-5-3-9-28-17)11-21-22-19(27)20-12-14-4-2-8-25-14/h3,5-7,9-11,14H,2,4,8,12H2,1H3,(H2,20,22,27)/b21-11-/t14-/m1/s1. The highest BCUT2D eigenvalue weighted by atomic mass is 32.1. The number of hydrogen-bond donors (Lipinski definition) is 2. The first-order chi connectivity index (χ1) is 13.7. The molecule has 7 nitrogen and oxygen atoms in total. The number of esters is 1. The summed E-state index contributed by atoms with van der Waals surface area (Å²) < 4.78 is 16.2. The van der Waals surface area contributed by atoms with Gasteiger partial charge in [0.05, 0.1) is 19.4 Å². The molecule has 0 radical (unpaired) electrons. The van der Waals surface area contributed by atoms with Gasteiger partial charge in [-0.05, 0) is 60.3 Å². The molecule has 2 heterocycles. The van der Waals surface area contributed by atoms with Crippen molar-refractivity contribution in [2.75, 3.05) is 20.3 Å². The predicted octanol–water partition coefficient (Wildman–Crippen LogP) is 2.95. The highest BCUT2D eigenvalue weighted by Gasteiger charge is 2.15. The fraction of sp³-hybridized carbons (Fsp3) is 0.316. The number of thiophene rings is 1. The maximum Gasteiger partial charge on any atom is 0.353 e. The van der Waals surface area contributed by atoms with Crippen molar-refractivity contribution >= 4 is 40.9 Å². The number of nitrogens with zero attached hydrogens (tertiary/aromatic N) is 1. The summed E-state index contributed by atoms with van der Waals surface area (Å²) in [6.45, 7) is 1.48. The molecule has 1 atom stereocenters. The number of ether oxygens (including phenoxy) is 3. The molecule has 1 aliphatic heterocycles. The average molecular weight is 420 g/mol. The summed E-state index contributed by atoms with van der Waals surface area (Å²) in [5, 5.41) is 9.44. The van der Waals surface area contributed by atoms with E-state index in [1.807, 2.05) is 5.38 Å². The maximum absolute atomic E-state index is 12.1. The SMILES string of the molecule is COc1cc(/C=N\NC(=S)NC[C@H]2CCCO2)ccc1OC(=O)c1cccs1. The third-order valence-electron chi connectivity index (χ3n) is 4.01. The molecule has 28 heavy (non-hydrogen) atoms. The van der Waals surface area contributed by atoms with Crippen molar-refractivity contribution in [3.05, 3.63) is 46.2 Å². The van der Waals surface area contributed by atoms with Crippen LogP contribution in [0.3, 0.4) is 0 Å². The summed E-state index contributed by atoms with van der Waals surface area (Å²) >= 11 is 6.51. The van der Waals surface area contributed by atoms with Gasteiger partial charge in [0.2, 0.25) is 0 Å². The first kappa shape index (κ1) is 20.2. The predicted molar refractivity (Wildman–Crippen MR) is 113 cm³/mol. The minimum atomic E-state index is -0.418. The summed E-state index contributed by atoms with van der Waals surface area (Å²) in [7, 11) is 1.52. The van der Waals surface area contributed by atoms with Gasteiger partial charge in [0, 0.05) is 13.2 Å². The fourth-order valence-corrected chi connectivity index (χ4v) is 3.35. The zero-order chi connectivity index (χ0) is 19.8. The van der Waals surface area contributed by atoms with Crippen LogP contribution in [0.2, 0.25) is 0 Å². The quantitative estimate of drug-likeness (QED) is 0.235. The molecule has 0 aliphatic carbocycles. The molecule has 2 N–H and O–H groups in total. The molecule has 1 aromatic heterocycles. The summed E-state index contributed by atoms with van der Waals surface area (Å²) in [5.74, 6) is 0.367. The number of benzene rings is 1. The lowest BCUT2D eigenvalue weighted by molar-refractivity contribution is 0.0735. The lowest BCUT2D eigenvalue weighted by atomic mass is 10.2. The van der Waals surface area contributed by atoms with E-state index in [0.29, 0.717) is 28.0 Å². The smallest absolute Gasteiger partial charge is 0.353 e. The highest BCUT2D eigenvalue weighted by Crippen LogP contribution is 2.28. The fourth-order valence-electron chi connectivity index (χ4n) is 2.61. The van der Waals surface area contributed by atoms with Crippen LogP contribution < -0.4 is 20.2 Å². The molecule has 3 rings (SSSR count). The molecule has 148 valence electrons. The second kappa shape index (κ2) is 10.2. The van der Waals surface area contributed by atoms with Gasteiger partial charge in [-0.1, -0.05) is 6.07 Å². The second-order valence-electron chi connectivity index (χ2n) is 5.99. The van der Waals surface area contributed by atoms with Gasteiger partial charge in [-0.25, -0.2) is 4.79 Å². The number of carbonyl (C=O) groups excluding carboxylic acids is 1. The molecule has 0 spiro atoms. The van der Waals surface area contributed by atoms with Crippen LogP contribution in [0.25, 0.3) is 0 Å². The van der Waals surface area contributed by atoms with Crippen molar-refractivity contribution in [3.8, 4) is 11.5 Å². The molecular formula is C19H21N3O4S2. The van der Waals surface area contributed by atoms with E-state index >= 15 is 0 Å². The van der Waals surface area contributed by atoms with E-state index in [2.05, 4.69) is 15.8 Å². The lowest BCUT2D eigenvalue weighted by Crippen LogP contribution is -2.37. The van der Waals surface area contributed by atoms with Crippen LogP contribution in [0.1, 0.15) is 28.1 Å². The molecule has 0 unspecified atom stereocenters. The lowest BCUT2D eigenvalue weighted by Gasteiger charge is -2.12. The number of hydrazone groups is 1. The van der Waals surface area contributed by atoms with Gasteiger partial charge in [0.15, 0.2) is 16.6 Å². The van der Waals surface area contributed by atoms with Gasteiger partial charge >= 0.3 is 5.97 Å². The molecule has 2 aromatic rings. The van der Waals surface area contributed by atoms with Gasteiger partial charge in [-0.15, -0.1) is 11.3 Å². The Balaban J connectivity index is 1.53. The van der Waals surface area contributed by atoms with E-state index in [9.17, 15) is 4.79 Å². The second-order valence-corrected chi connectivity index (χ2v) is 7.35. The molecule has 1 saturated heterocycles. The molecule has 1 aromatic carbocycles. The Morgan fingerprint density at radius 1 is 1.43 bits per heavy atom. The van der Waals surface area contributed by atoms with Gasteiger partial charge in [0.1, 0.15) is 4.88 Å². The molecule has 9 heteroatoms. The van der Waals surface area contributed by atoms with Gasteiger partial charge < -0.3 is 19.5 Å². The Kier molecular flexibility index (Phi) is 7.35. The van der Waals surface area contributed by atoms with E-state index < -0.39 is 5.97 Å². The van der Waals surface area contributed by atoms with Gasteiger partial charge in [0.25, 0.3) is 0 Å². The summed E-state index contributed by atoms with van der Waals surface area (Å²) in [5.41, 5.74) is 3.53. The highest BCUT2D eigenvalue weighted by molar-refractivity contribution is 7.80. The van der Waals surface area contributed by atoms with Crippen molar-refractivity contribution in [1.82, 2.24) is 10.7 Å². The molecular weight excluding hydrogens is 398 g/mol. The Bertz CT molecular complexity index is 834. The number of rotatable bonds is 7.